The third kappa shape index (κ3) is 47.5. The zero-order chi connectivity index (χ0) is 43.7. The average Bonchev–Trinajstić information content (AvgIpc) is 3.24. The third-order valence-corrected chi connectivity index (χ3v) is 12.4. The Morgan fingerprint density at radius 1 is 0.267 bits per heavy atom. The number of ether oxygens (including phenoxy) is 3. The number of carbonyl (C=O) groups is 3. The zero-order valence-corrected chi connectivity index (χ0v) is 40.8. The molecule has 6 heteroatoms. The predicted molar refractivity (Wildman–Crippen MR) is 257 cm³/mol. The summed E-state index contributed by atoms with van der Waals surface area (Å²) in [7, 11) is 0. The van der Waals surface area contributed by atoms with Gasteiger partial charge < -0.3 is 14.2 Å². The summed E-state index contributed by atoms with van der Waals surface area (Å²) in [6.07, 6.45) is 54.0. The van der Waals surface area contributed by atoms with Crippen LogP contribution in [0.5, 0.6) is 0 Å². The summed E-state index contributed by atoms with van der Waals surface area (Å²) < 4.78 is 16.7. The summed E-state index contributed by atoms with van der Waals surface area (Å²) in [5.74, 6) is -0.849. The fraction of sp³-hybridized carbons (Fsp3) is 0.944. The first-order chi connectivity index (χ1) is 29.5. The van der Waals surface area contributed by atoms with E-state index in [1.165, 1.54) is 212 Å². The van der Waals surface area contributed by atoms with Crippen LogP contribution < -0.4 is 0 Å². The van der Waals surface area contributed by atoms with E-state index in [-0.39, 0.29) is 31.1 Å². The largest absolute Gasteiger partial charge is 0.462 e. The van der Waals surface area contributed by atoms with Gasteiger partial charge in [-0.25, -0.2) is 0 Å². The Morgan fingerprint density at radius 3 is 0.667 bits per heavy atom. The van der Waals surface area contributed by atoms with Crippen LogP contribution in [-0.4, -0.2) is 37.2 Å². The normalized spacial score (nSPS) is 11.8. The number of hydrogen-bond donors (Lipinski definition) is 0. The van der Waals surface area contributed by atoms with E-state index in [4.69, 9.17) is 14.2 Å². The fourth-order valence-corrected chi connectivity index (χ4v) is 8.27. The maximum Gasteiger partial charge on any atom is 0.306 e. The van der Waals surface area contributed by atoms with Crippen molar-refractivity contribution in [3.05, 3.63) is 0 Å². The van der Waals surface area contributed by atoms with E-state index in [0.717, 1.165) is 57.8 Å². The van der Waals surface area contributed by atoms with E-state index < -0.39 is 6.10 Å². The molecule has 0 bridgehead atoms. The second kappa shape index (κ2) is 50.1. The smallest absolute Gasteiger partial charge is 0.306 e. The molecule has 0 fully saturated rings. The maximum atomic E-state index is 12.7. The average molecular weight is 849 g/mol. The summed E-state index contributed by atoms with van der Waals surface area (Å²) in [5.41, 5.74) is 0. The molecule has 0 aliphatic heterocycles. The minimum atomic E-state index is -0.758. The third-order valence-electron chi connectivity index (χ3n) is 12.4. The van der Waals surface area contributed by atoms with Gasteiger partial charge in [0.1, 0.15) is 13.2 Å². The Labute approximate surface area is 374 Å². The van der Waals surface area contributed by atoms with Gasteiger partial charge in [0.2, 0.25) is 0 Å². The van der Waals surface area contributed by atoms with Crippen molar-refractivity contribution in [2.24, 2.45) is 0 Å². The van der Waals surface area contributed by atoms with Crippen molar-refractivity contribution in [1.82, 2.24) is 0 Å². The Hall–Kier alpha value is -1.59. The summed E-state index contributed by atoms with van der Waals surface area (Å²) in [6, 6.07) is 0. The molecule has 0 rings (SSSR count). The number of unbranched alkanes of at least 4 members (excludes halogenated alkanes) is 39. The molecule has 0 aliphatic rings. The highest BCUT2D eigenvalue weighted by Gasteiger charge is 2.19. The topological polar surface area (TPSA) is 78.9 Å². The molecule has 0 spiro atoms. The van der Waals surface area contributed by atoms with Crippen molar-refractivity contribution < 1.29 is 28.6 Å². The molecule has 0 aromatic carbocycles. The molecular formula is C54H104O6. The minimum absolute atomic E-state index is 0.0625. The lowest BCUT2D eigenvalue weighted by Gasteiger charge is -2.18. The highest BCUT2D eigenvalue weighted by molar-refractivity contribution is 5.71. The van der Waals surface area contributed by atoms with Gasteiger partial charge in [-0.1, -0.05) is 271 Å². The summed E-state index contributed by atoms with van der Waals surface area (Å²) in [4.78, 5) is 37.8. The van der Waals surface area contributed by atoms with Crippen molar-refractivity contribution in [1.29, 1.82) is 0 Å². The van der Waals surface area contributed by atoms with Gasteiger partial charge in [0.05, 0.1) is 0 Å². The second-order valence-electron chi connectivity index (χ2n) is 18.5. The Morgan fingerprint density at radius 2 is 0.450 bits per heavy atom. The van der Waals surface area contributed by atoms with Crippen molar-refractivity contribution in [2.45, 2.75) is 316 Å². The van der Waals surface area contributed by atoms with Crippen molar-refractivity contribution in [3.63, 3.8) is 0 Å². The molecule has 0 amide bonds. The van der Waals surface area contributed by atoms with Crippen LogP contribution in [0.1, 0.15) is 310 Å². The fourth-order valence-electron chi connectivity index (χ4n) is 8.27. The van der Waals surface area contributed by atoms with E-state index in [1.54, 1.807) is 0 Å². The van der Waals surface area contributed by atoms with Crippen LogP contribution in [0.25, 0.3) is 0 Å². The highest BCUT2D eigenvalue weighted by atomic mass is 16.6. The van der Waals surface area contributed by atoms with Crippen LogP contribution in [0.2, 0.25) is 0 Å². The molecule has 0 saturated heterocycles. The van der Waals surface area contributed by atoms with Crippen LogP contribution in [0.4, 0.5) is 0 Å². The van der Waals surface area contributed by atoms with Crippen molar-refractivity contribution in [3.8, 4) is 0 Å². The Bertz CT molecular complexity index is 889. The SMILES string of the molecule is CCCCCCCCCCCCCCCCCCCCCCCCCCC(=O)OCC(COC(=O)CCCCCCCCCC)OC(=O)CCCCCCCCCCCC. The molecule has 0 aliphatic carbocycles. The number of carbonyl (C=O) groups excluding carboxylic acids is 3. The lowest BCUT2D eigenvalue weighted by atomic mass is 10.0. The zero-order valence-electron chi connectivity index (χ0n) is 40.8. The van der Waals surface area contributed by atoms with Gasteiger partial charge in [0, 0.05) is 19.3 Å². The number of esters is 3. The van der Waals surface area contributed by atoms with Gasteiger partial charge in [-0.15, -0.1) is 0 Å². The molecule has 356 valence electrons. The van der Waals surface area contributed by atoms with E-state index in [9.17, 15) is 14.4 Å². The van der Waals surface area contributed by atoms with Crippen LogP contribution in [-0.2, 0) is 28.6 Å². The summed E-state index contributed by atoms with van der Waals surface area (Å²) >= 11 is 0. The Balaban J connectivity index is 4.04. The van der Waals surface area contributed by atoms with E-state index >= 15 is 0 Å². The first-order valence-electron chi connectivity index (χ1n) is 27.0. The van der Waals surface area contributed by atoms with E-state index in [2.05, 4.69) is 20.8 Å². The molecule has 1 atom stereocenters. The van der Waals surface area contributed by atoms with Gasteiger partial charge in [0.25, 0.3) is 0 Å². The molecule has 0 heterocycles. The maximum absolute atomic E-state index is 12.7. The second-order valence-corrected chi connectivity index (χ2v) is 18.5. The highest BCUT2D eigenvalue weighted by Crippen LogP contribution is 2.17. The minimum Gasteiger partial charge on any atom is -0.462 e. The molecule has 0 saturated carbocycles. The van der Waals surface area contributed by atoms with E-state index in [1.807, 2.05) is 0 Å². The molecule has 6 nitrogen and oxygen atoms in total. The van der Waals surface area contributed by atoms with Crippen LogP contribution in [0, 0.1) is 0 Å². The Kier molecular flexibility index (Phi) is 48.7. The van der Waals surface area contributed by atoms with Crippen LogP contribution in [0.15, 0.2) is 0 Å². The lowest BCUT2D eigenvalue weighted by Crippen LogP contribution is -2.30. The molecule has 1 unspecified atom stereocenters. The monoisotopic (exact) mass is 849 g/mol. The predicted octanol–water partition coefficient (Wildman–Crippen LogP) is 17.6. The van der Waals surface area contributed by atoms with Gasteiger partial charge in [-0.05, 0) is 19.3 Å². The van der Waals surface area contributed by atoms with Crippen LogP contribution in [0.3, 0.4) is 0 Å². The van der Waals surface area contributed by atoms with E-state index in [0.29, 0.717) is 19.3 Å². The first-order valence-corrected chi connectivity index (χ1v) is 27.0. The van der Waals surface area contributed by atoms with Crippen molar-refractivity contribution in [2.75, 3.05) is 13.2 Å². The molecule has 0 aromatic rings. The van der Waals surface area contributed by atoms with Gasteiger partial charge >= 0.3 is 17.9 Å². The molecule has 0 N–H and O–H groups in total. The quantitative estimate of drug-likeness (QED) is 0.0345. The van der Waals surface area contributed by atoms with Crippen LogP contribution >= 0.6 is 0 Å². The first kappa shape index (κ1) is 58.4. The lowest BCUT2D eigenvalue weighted by molar-refractivity contribution is -0.167. The number of hydrogen-bond acceptors (Lipinski definition) is 6. The number of rotatable bonds is 50. The van der Waals surface area contributed by atoms with Gasteiger partial charge in [-0.3, -0.25) is 14.4 Å². The summed E-state index contributed by atoms with van der Waals surface area (Å²) in [5, 5.41) is 0. The molecule has 0 radical (unpaired) electrons. The molecular weight excluding hydrogens is 745 g/mol. The van der Waals surface area contributed by atoms with Gasteiger partial charge in [-0.2, -0.15) is 0 Å². The van der Waals surface area contributed by atoms with Gasteiger partial charge in [0.15, 0.2) is 6.10 Å². The molecule has 0 aromatic heterocycles. The molecule has 60 heavy (non-hydrogen) atoms. The van der Waals surface area contributed by atoms with Crippen molar-refractivity contribution >= 4 is 17.9 Å². The standard InChI is InChI=1S/C54H104O6/c1-4-7-10-13-16-19-21-22-23-24-25-26-27-28-29-30-31-32-33-34-36-38-41-44-47-53(56)59-50-51(49-58-52(55)46-43-40-37-18-15-12-9-6-3)60-54(57)48-45-42-39-35-20-17-14-11-8-5-2/h51H,4-50H2,1-3H3. The summed E-state index contributed by atoms with van der Waals surface area (Å²) in [6.45, 7) is 6.64.